The van der Waals surface area contributed by atoms with Crippen LogP contribution >= 0.6 is 0 Å². The Labute approximate surface area is 166 Å². The lowest BCUT2D eigenvalue weighted by Crippen LogP contribution is -2.49. The summed E-state index contributed by atoms with van der Waals surface area (Å²) in [5, 5.41) is 19.2. The van der Waals surface area contributed by atoms with Gasteiger partial charge in [0.05, 0.1) is 17.3 Å². The van der Waals surface area contributed by atoms with E-state index in [9.17, 15) is 24.2 Å². The average molecular weight is 404 g/mol. The molecule has 4 rings (SSSR count). The van der Waals surface area contributed by atoms with Crippen molar-refractivity contribution >= 4 is 22.6 Å². The second-order valence-corrected chi connectivity index (χ2v) is 7.81. The Morgan fingerprint density at radius 3 is 2.52 bits per heavy atom. The number of aliphatic hydroxyl groups is 1. The van der Waals surface area contributed by atoms with Gasteiger partial charge in [-0.3, -0.25) is 9.69 Å². The highest BCUT2D eigenvalue weighted by atomic mass is 19.1. The van der Waals surface area contributed by atoms with Crippen LogP contribution in [0, 0.1) is 5.82 Å². The molecule has 8 nitrogen and oxygen atoms in total. The molecule has 2 aliphatic rings. The standard InChI is InChI=1S/C20H25FN4O4/c21-16-7-14-17(25(12-1-2-12)11-15(19(14)27)20(28)29)8-18(16)24-5-3-23(4-6-24)10-13(26)9-22/h7-8,11-13,26H,1-6,9-10,22H2,(H,28,29). The maximum Gasteiger partial charge on any atom is 0.341 e. The summed E-state index contributed by atoms with van der Waals surface area (Å²) in [6.45, 7) is 3.20. The molecule has 0 radical (unpaired) electrons. The molecule has 1 aliphatic carbocycles. The number of piperazine rings is 1. The van der Waals surface area contributed by atoms with E-state index < -0.39 is 23.3 Å². The average Bonchev–Trinajstić information content (AvgIpc) is 3.54. The van der Waals surface area contributed by atoms with Crippen LogP contribution in [0.3, 0.4) is 0 Å². The Morgan fingerprint density at radius 1 is 1.24 bits per heavy atom. The summed E-state index contributed by atoms with van der Waals surface area (Å²) in [6.07, 6.45) is 2.63. The van der Waals surface area contributed by atoms with Crippen LogP contribution in [0.25, 0.3) is 10.9 Å². The molecule has 2 heterocycles. The van der Waals surface area contributed by atoms with Gasteiger partial charge in [0.25, 0.3) is 0 Å². The number of pyridine rings is 1. The van der Waals surface area contributed by atoms with Gasteiger partial charge in [0.1, 0.15) is 11.4 Å². The number of aromatic nitrogens is 1. The smallest absolute Gasteiger partial charge is 0.341 e. The fourth-order valence-corrected chi connectivity index (χ4v) is 3.95. The van der Waals surface area contributed by atoms with Crippen LogP contribution in [-0.4, -0.2) is 71.0 Å². The third-order valence-corrected chi connectivity index (χ3v) is 5.73. The van der Waals surface area contributed by atoms with Crippen molar-refractivity contribution in [1.29, 1.82) is 0 Å². The van der Waals surface area contributed by atoms with Crippen LogP contribution < -0.4 is 16.1 Å². The number of fused-ring (bicyclic) bond motifs is 1. The Balaban J connectivity index is 1.67. The highest BCUT2D eigenvalue weighted by Crippen LogP contribution is 2.38. The first-order valence-corrected chi connectivity index (χ1v) is 9.86. The number of β-amino-alcohol motifs (C(OH)–C–C–N with tert-alkyl or cyclic N) is 1. The van der Waals surface area contributed by atoms with Crippen molar-refractivity contribution in [3.63, 3.8) is 0 Å². The second-order valence-electron chi connectivity index (χ2n) is 7.81. The minimum Gasteiger partial charge on any atom is -0.477 e. The first-order valence-electron chi connectivity index (χ1n) is 9.86. The molecule has 1 aromatic heterocycles. The van der Waals surface area contributed by atoms with Gasteiger partial charge in [-0.2, -0.15) is 0 Å². The maximum absolute atomic E-state index is 14.9. The van der Waals surface area contributed by atoms with Gasteiger partial charge in [-0.05, 0) is 25.0 Å². The zero-order valence-corrected chi connectivity index (χ0v) is 16.1. The molecule has 1 unspecified atom stereocenters. The molecule has 1 saturated carbocycles. The number of hydrogen-bond donors (Lipinski definition) is 3. The van der Waals surface area contributed by atoms with E-state index in [-0.39, 0.29) is 23.5 Å². The van der Waals surface area contributed by atoms with E-state index in [1.54, 1.807) is 10.6 Å². The van der Waals surface area contributed by atoms with E-state index in [4.69, 9.17) is 5.73 Å². The summed E-state index contributed by atoms with van der Waals surface area (Å²) in [4.78, 5) is 28.0. The minimum absolute atomic E-state index is 0.0998. The lowest BCUT2D eigenvalue weighted by atomic mass is 10.1. The van der Waals surface area contributed by atoms with Crippen LogP contribution in [0.5, 0.6) is 0 Å². The van der Waals surface area contributed by atoms with E-state index >= 15 is 0 Å². The first kappa shape index (κ1) is 19.8. The van der Waals surface area contributed by atoms with Gasteiger partial charge in [0, 0.05) is 56.9 Å². The van der Waals surface area contributed by atoms with E-state index in [2.05, 4.69) is 4.90 Å². The minimum atomic E-state index is -1.30. The third-order valence-electron chi connectivity index (χ3n) is 5.73. The number of aromatic carboxylic acids is 1. The predicted molar refractivity (Wildman–Crippen MR) is 107 cm³/mol. The monoisotopic (exact) mass is 404 g/mol. The van der Waals surface area contributed by atoms with Crippen molar-refractivity contribution in [2.45, 2.75) is 25.0 Å². The van der Waals surface area contributed by atoms with E-state index in [1.807, 2.05) is 4.90 Å². The zero-order valence-electron chi connectivity index (χ0n) is 16.1. The molecule has 2 aromatic rings. The molecule has 0 spiro atoms. The number of carboxylic acids is 1. The van der Waals surface area contributed by atoms with Crippen molar-refractivity contribution in [2.24, 2.45) is 5.73 Å². The third kappa shape index (κ3) is 3.85. The number of aliphatic hydroxyl groups excluding tert-OH is 1. The van der Waals surface area contributed by atoms with Crippen LogP contribution in [0.4, 0.5) is 10.1 Å². The molecule has 1 atom stereocenters. The van der Waals surface area contributed by atoms with Gasteiger partial charge in [-0.25, -0.2) is 9.18 Å². The molecule has 9 heteroatoms. The number of carboxylic acid groups (broad SMARTS) is 1. The predicted octanol–water partition coefficient (Wildman–Crippen LogP) is 0.615. The number of nitrogens with zero attached hydrogens (tertiary/aromatic N) is 3. The number of anilines is 1. The summed E-state index contributed by atoms with van der Waals surface area (Å²) in [6, 6.07) is 2.98. The number of nitrogens with two attached hydrogens (primary N) is 1. The molecule has 156 valence electrons. The van der Waals surface area contributed by atoms with Crippen molar-refractivity contribution in [3.05, 3.63) is 39.9 Å². The molecular weight excluding hydrogens is 379 g/mol. The number of hydrogen-bond acceptors (Lipinski definition) is 6. The highest BCUT2D eigenvalue weighted by molar-refractivity contribution is 5.93. The SMILES string of the molecule is NCC(O)CN1CCN(c2cc3c(cc2F)c(=O)c(C(=O)O)cn3C2CC2)CC1. The van der Waals surface area contributed by atoms with Gasteiger partial charge in [-0.15, -0.1) is 0 Å². The van der Waals surface area contributed by atoms with Crippen molar-refractivity contribution in [3.8, 4) is 0 Å². The van der Waals surface area contributed by atoms with Crippen LogP contribution in [0.2, 0.25) is 0 Å². The fourth-order valence-electron chi connectivity index (χ4n) is 3.95. The molecule has 4 N–H and O–H groups in total. The fraction of sp³-hybridized carbons (Fsp3) is 0.500. The number of carbonyl (C=O) groups is 1. The van der Waals surface area contributed by atoms with E-state index in [0.717, 1.165) is 12.8 Å². The van der Waals surface area contributed by atoms with E-state index in [0.29, 0.717) is 43.9 Å². The van der Waals surface area contributed by atoms with Crippen molar-refractivity contribution < 1.29 is 19.4 Å². The Hall–Kier alpha value is -2.49. The van der Waals surface area contributed by atoms with Crippen LogP contribution in [0.1, 0.15) is 29.2 Å². The Kier molecular flexibility index (Phi) is 5.28. The van der Waals surface area contributed by atoms with Crippen LogP contribution in [0.15, 0.2) is 23.1 Å². The Morgan fingerprint density at radius 2 is 1.93 bits per heavy atom. The lowest BCUT2D eigenvalue weighted by molar-refractivity contribution is 0.0694. The maximum atomic E-state index is 14.9. The molecule has 1 aromatic carbocycles. The molecule has 1 aliphatic heterocycles. The highest BCUT2D eigenvalue weighted by Gasteiger charge is 2.28. The van der Waals surface area contributed by atoms with Gasteiger partial charge in [0.2, 0.25) is 5.43 Å². The summed E-state index contributed by atoms with van der Waals surface area (Å²) < 4.78 is 16.7. The number of rotatable bonds is 6. The molecular formula is C20H25FN4O4. The first-order chi connectivity index (χ1) is 13.9. The molecule has 0 bridgehead atoms. The quantitative estimate of drug-likeness (QED) is 0.647. The van der Waals surface area contributed by atoms with Gasteiger partial charge in [0.15, 0.2) is 0 Å². The number of halogens is 1. The molecule has 2 fully saturated rings. The van der Waals surface area contributed by atoms with Gasteiger partial charge in [-0.1, -0.05) is 0 Å². The molecule has 0 amide bonds. The summed E-state index contributed by atoms with van der Waals surface area (Å²) in [5.41, 5.74) is 5.46. The summed E-state index contributed by atoms with van der Waals surface area (Å²) in [5.74, 6) is -1.83. The molecule has 29 heavy (non-hydrogen) atoms. The normalized spacial score (nSPS) is 18.9. The summed E-state index contributed by atoms with van der Waals surface area (Å²) >= 11 is 0. The van der Waals surface area contributed by atoms with Crippen molar-refractivity contribution in [1.82, 2.24) is 9.47 Å². The Bertz CT molecular complexity index is 996. The topological polar surface area (TPSA) is 112 Å². The van der Waals surface area contributed by atoms with Gasteiger partial charge < -0.3 is 25.4 Å². The largest absolute Gasteiger partial charge is 0.477 e. The lowest BCUT2D eigenvalue weighted by Gasteiger charge is -2.37. The van der Waals surface area contributed by atoms with Gasteiger partial charge >= 0.3 is 5.97 Å². The summed E-state index contributed by atoms with van der Waals surface area (Å²) in [7, 11) is 0. The van der Waals surface area contributed by atoms with Crippen LogP contribution in [-0.2, 0) is 0 Å². The zero-order chi connectivity index (χ0) is 20.7. The van der Waals surface area contributed by atoms with E-state index in [1.165, 1.54) is 12.3 Å². The molecule has 1 saturated heterocycles. The number of benzene rings is 1. The second kappa shape index (κ2) is 7.74. The van der Waals surface area contributed by atoms with Crippen molar-refractivity contribution in [2.75, 3.05) is 44.2 Å².